The molecule has 62 heavy (non-hydrogen) atoms. The van der Waals surface area contributed by atoms with E-state index >= 15 is 0 Å². The van der Waals surface area contributed by atoms with Crippen molar-refractivity contribution in [2.45, 2.75) is 196 Å². The predicted molar refractivity (Wildman–Crippen MR) is 213 cm³/mol. The summed E-state index contributed by atoms with van der Waals surface area (Å²) in [4.78, 5) is 0. The minimum absolute atomic E-state index is 0.0819. The van der Waals surface area contributed by atoms with E-state index in [1.807, 2.05) is 6.92 Å². The van der Waals surface area contributed by atoms with Crippen molar-refractivity contribution < 1.29 is 89.3 Å². The van der Waals surface area contributed by atoms with Crippen LogP contribution in [-0.4, -0.2) is 186 Å². The Hall–Kier alpha value is -0.980. The van der Waals surface area contributed by atoms with Crippen molar-refractivity contribution in [3.63, 3.8) is 0 Å². The molecular formula is C44H72O18. The largest absolute Gasteiger partial charge is 0.394 e. The zero-order valence-electron chi connectivity index (χ0n) is 36.4. The quantitative estimate of drug-likeness (QED) is 0.108. The van der Waals surface area contributed by atoms with Crippen LogP contribution in [0.25, 0.3) is 0 Å². The molecule has 3 saturated carbocycles. The van der Waals surface area contributed by atoms with Gasteiger partial charge in [-0.2, -0.15) is 0 Å². The van der Waals surface area contributed by atoms with Crippen molar-refractivity contribution in [1.29, 1.82) is 0 Å². The molecule has 4 heterocycles. The van der Waals surface area contributed by atoms with Gasteiger partial charge in [-0.15, -0.1) is 0 Å². The highest BCUT2D eigenvalue weighted by Crippen LogP contribution is 2.70. The summed E-state index contributed by atoms with van der Waals surface area (Å²) in [5.41, 5.74) is 0.452. The molecule has 0 bridgehead atoms. The molecule has 0 aromatic rings. The number of allylic oxidation sites excluding steroid dienone is 1. The molecule has 18 nitrogen and oxygen atoms in total. The SMILES string of the molecule is C[C@@H](CC[C@@]1(O)O[C@H]2C[C@H]3[C@H]4CC=C5C[C@@H](O)C[C@@H](O[C@H]6OC[C@@H](O)[C@@H](O)[C@H]6O[C@@H]6O[C@@H](C)[C@H](O)[C@H](O)[C@@H]6O)[C@]5(C)[C@H]4CC[C@]3(C)[C@H]2[C@@H]1C)CO[C@H]1O[C@H](CO)[C@H](O)[C@H](O)[C@@H]1O. The Labute approximate surface area is 362 Å². The second-order valence-electron chi connectivity index (χ2n) is 20.7. The number of rotatable bonds is 11. The Bertz CT molecular complexity index is 1590. The maximum Gasteiger partial charge on any atom is 0.187 e. The summed E-state index contributed by atoms with van der Waals surface area (Å²) in [5.74, 6) is -0.790. The first kappa shape index (κ1) is 47.5. The summed E-state index contributed by atoms with van der Waals surface area (Å²) < 4.78 is 42.5. The van der Waals surface area contributed by atoms with Crippen LogP contribution in [0.15, 0.2) is 11.6 Å². The molecule has 4 aliphatic carbocycles. The fourth-order valence-corrected chi connectivity index (χ4v) is 13.3. The molecule has 0 amide bonds. The molecule has 0 unspecified atom stereocenters. The van der Waals surface area contributed by atoms with Crippen LogP contribution >= 0.6 is 0 Å². The first-order chi connectivity index (χ1) is 29.2. The average molecular weight is 889 g/mol. The molecule has 0 aromatic carbocycles. The van der Waals surface area contributed by atoms with E-state index in [1.165, 1.54) is 6.92 Å². The van der Waals surface area contributed by atoms with E-state index in [2.05, 4.69) is 26.8 Å². The summed E-state index contributed by atoms with van der Waals surface area (Å²) >= 11 is 0. The van der Waals surface area contributed by atoms with Crippen LogP contribution in [0.5, 0.6) is 0 Å². The number of hydrogen-bond acceptors (Lipinski definition) is 18. The highest BCUT2D eigenvalue weighted by Gasteiger charge is 2.69. The smallest absolute Gasteiger partial charge is 0.187 e. The lowest BCUT2D eigenvalue weighted by molar-refractivity contribution is -0.362. The molecule has 0 spiro atoms. The molecular weight excluding hydrogens is 816 g/mol. The number of aliphatic hydroxyl groups excluding tert-OH is 10. The van der Waals surface area contributed by atoms with Gasteiger partial charge in [0.25, 0.3) is 0 Å². The van der Waals surface area contributed by atoms with Gasteiger partial charge in [-0.25, -0.2) is 0 Å². The van der Waals surface area contributed by atoms with E-state index in [0.29, 0.717) is 25.7 Å². The molecule has 8 rings (SSSR count). The van der Waals surface area contributed by atoms with E-state index in [-0.39, 0.29) is 60.2 Å². The van der Waals surface area contributed by atoms with Gasteiger partial charge in [-0.05, 0) is 80.5 Å². The Morgan fingerprint density at radius 1 is 0.823 bits per heavy atom. The van der Waals surface area contributed by atoms with E-state index in [4.69, 9.17) is 33.2 Å². The van der Waals surface area contributed by atoms with Gasteiger partial charge in [0.1, 0.15) is 61.0 Å². The zero-order chi connectivity index (χ0) is 44.8. The second kappa shape index (κ2) is 17.9. The fraction of sp³-hybridized carbons (Fsp3) is 0.955. The number of hydrogen-bond donors (Lipinski definition) is 11. The van der Waals surface area contributed by atoms with E-state index in [0.717, 1.165) is 31.3 Å². The molecule has 18 heteroatoms. The maximum atomic E-state index is 12.1. The normalized spacial score (nSPS) is 55.7. The van der Waals surface area contributed by atoms with E-state index < -0.39 is 116 Å². The molecule has 8 aliphatic rings. The monoisotopic (exact) mass is 888 g/mol. The number of aliphatic hydroxyl groups is 11. The van der Waals surface area contributed by atoms with Crippen LogP contribution < -0.4 is 0 Å². The number of ether oxygens (including phenoxy) is 7. The standard InChI is InChI=1S/C44H72O18/c1-18(16-56-39-36(53)35(52)33(50)28(15-45)59-39)8-11-44(55)19(2)30-27(62-44)14-25-23-7-6-21-12-22(46)13-29(43(21,5)24(23)9-10-42(25,30)4)60-41-38(32(49)26(47)17-57-41)61-40-37(54)34(51)31(48)20(3)58-40/h6,18-20,22-41,45-55H,7-17H2,1-5H3/t18-,19-,20-,22+,23-,24-,25-,26+,27-,28+,29+,30-,31-,32+,33-,34-,35-,36-,37-,38+,39-,40-,41+,42-,43-,44+/m0/s1. The first-order valence-electron chi connectivity index (χ1n) is 22.9. The third-order valence-corrected chi connectivity index (χ3v) is 17.1. The highest BCUT2D eigenvalue weighted by molar-refractivity contribution is 5.28. The maximum absolute atomic E-state index is 12.1. The molecule has 0 aromatic heterocycles. The minimum atomic E-state index is -1.66. The number of fused-ring (bicyclic) bond motifs is 7. The fourth-order valence-electron chi connectivity index (χ4n) is 13.3. The van der Waals surface area contributed by atoms with E-state index in [9.17, 15) is 56.2 Å². The van der Waals surface area contributed by atoms with Gasteiger partial charge in [-0.3, -0.25) is 0 Å². The minimum Gasteiger partial charge on any atom is -0.394 e. The second-order valence-corrected chi connectivity index (χ2v) is 20.7. The third-order valence-electron chi connectivity index (χ3n) is 17.1. The summed E-state index contributed by atoms with van der Waals surface area (Å²) in [5, 5.41) is 117. The molecule has 4 aliphatic heterocycles. The Balaban J connectivity index is 0.935. The molecule has 7 fully saturated rings. The summed E-state index contributed by atoms with van der Waals surface area (Å²) in [6, 6.07) is 0. The molecule has 356 valence electrons. The van der Waals surface area contributed by atoms with Gasteiger partial charge in [0, 0.05) is 24.2 Å². The lowest BCUT2D eigenvalue weighted by Gasteiger charge is -2.60. The lowest BCUT2D eigenvalue weighted by atomic mass is 9.46. The van der Waals surface area contributed by atoms with Crippen molar-refractivity contribution >= 4 is 0 Å². The average Bonchev–Trinajstić information content (AvgIpc) is 3.67. The predicted octanol–water partition coefficient (Wildman–Crippen LogP) is -1.22. The van der Waals surface area contributed by atoms with Gasteiger partial charge in [0.15, 0.2) is 24.7 Å². The van der Waals surface area contributed by atoms with Crippen LogP contribution in [0.3, 0.4) is 0 Å². The molecule has 0 radical (unpaired) electrons. The summed E-state index contributed by atoms with van der Waals surface area (Å²) in [6.45, 7) is 9.45. The third kappa shape index (κ3) is 8.06. The van der Waals surface area contributed by atoms with Crippen molar-refractivity contribution in [2.24, 2.45) is 46.3 Å². The first-order valence-corrected chi connectivity index (χ1v) is 22.9. The van der Waals surface area contributed by atoms with Gasteiger partial charge in [0.2, 0.25) is 0 Å². The van der Waals surface area contributed by atoms with Crippen molar-refractivity contribution in [2.75, 3.05) is 19.8 Å². The summed E-state index contributed by atoms with van der Waals surface area (Å²) in [6.07, 6.45) is -13.2. The molecule has 11 N–H and O–H groups in total. The van der Waals surface area contributed by atoms with Crippen molar-refractivity contribution in [1.82, 2.24) is 0 Å². The van der Waals surface area contributed by atoms with Crippen molar-refractivity contribution in [3.8, 4) is 0 Å². The van der Waals surface area contributed by atoms with Crippen LogP contribution in [0, 0.1) is 46.3 Å². The summed E-state index contributed by atoms with van der Waals surface area (Å²) in [7, 11) is 0. The van der Waals surface area contributed by atoms with Gasteiger partial charge < -0.3 is 89.3 Å². The Morgan fingerprint density at radius 3 is 2.26 bits per heavy atom. The highest BCUT2D eigenvalue weighted by atomic mass is 16.8. The lowest BCUT2D eigenvalue weighted by Crippen LogP contribution is -2.63. The Kier molecular flexibility index (Phi) is 13.7. The van der Waals surface area contributed by atoms with Crippen molar-refractivity contribution in [3.05, 3.63) is 11.6 Å². The van der Waals surface area contributed by atoms with Gasteiger partial charge in [0.05, 0.1) is 44.2 Å². The zero-order valence-corrected chi connectivity index (χ0v) is 36.4. The molecule has 4 saturated heterocycles. The van der Waals surface area contributed by atoms with Crippen LogP contribution in [0.4, 0.5) is 0 Å². The van der Waals surface area contributed by atoms with Gasteiger partial charge >= 0.3 is 0 Å². The Morgan fingerprint density at radius 2 is 1.53 bits per heavy atom. The topological polar surface area (TPSA) is 287 Å². The van der Waals surface area contributed by atoms with Crippen LogP contribution in [0.1, 0.15) is 86.0 Å². The van der Waals surface area contributed by atoms with Gasteiger partial charge in [-0.1, -0.05) is 39.3 Å². The van der Waals surface area contributed by atoms with Crippen LogP contribution in [-0.2, 0) is 33.2 Å². The van der Waals surface area contributed by atoms with Crippen LogP contribution in [0.2, 0.25) is 0 Å². The van der Waals surface area contributed by atoms with E-state index in [1.54, 1.807) is 0 Å². The molecule has 26 atom stereocenters.